The van der Waals surface area contributed by atoms with Gasteiger partial charge >= 0.3 is 0 Å². The molecule has 0 fully saturated rings. The van der Waals surface area contributed by atoms with Crippen molar-refractivity contribution in [2.45, 2.75) is 32.4 Å². The van der Waals surface area contributed by atoms with Crippen LogP contribution >= 0.6 is 0 Å². The molecule has 0 aliphatic heterocycles. The summed E-state index contributed by atoms with van der Waals surface area (Å²) in [6.07, 6.45) is 5.26. The van der Waals surface area contributed by atoms with Crippen LogP contribution in [-0.4, -0.2) is 17.8 Å². The largest absolute Gasteiger partial charge is 0.472 e. The standard InChI is InChI=1S/C10H17NO2/c1-2-10(3-5-12)11-7-9-4-6-13-8-9/h4,6,8,10-12H,2-3,5,7H2,1H3. The first kappa shape index (κ1) is 10.3. The van der Waals surface area contributed by atoms with E-state index in [9.17, 15) is 0 Å². The molecule has 74 valence electrons. The Hall–Kier alpha value is -0.800. The maximum atomic E-state index is 8.77. The third-order valence-electron chi connectivity index (χ3n) is 2.15. The van der Waals surface area contributed by atoms with E-state index in [4.69, 9.17) is 9.52 Å². The molecule has 0 amide bonds. The van der Waals surface area contributed by atoms with Crippen molar-refractivity contribution >= 4 is 0 Å². The maximum Gasteiger partial charge on any atom is 0.0947 e. The van der Waals surface area contributed by atoms with E-state index in [-0.39, 0.29) is 6.61 Å². The second-order valence-electron chi connectivity index (χ2n) is 3.13. The Bertz CT molecular complexity index is 209. The van der Waals surface area contributed by atoms with E-state index in [1.807, 2.05) is 6.07 Å². The van der Waals surface area contributed by atoms with Crippen molar-refractivity contribution in [3.8, 4) is 0 Å². The van der Waals surface area contributed by atoms with Crippen molar-refractivity contribution in [1.29, 1.82) is 0 Å². The van der Waals surface area contributed by atoms with E-state index in [2.05, 4.69) is 12.2 Å². The molecule has 3 heteroatoms. The van der Waals surface area contributed by atoms with Gasteiger partial charge in [0.2, 0.25) is 0 Å². The molecular formula is C10H17NO2. The molecule has 13 heavy (non-hydrogen) atoms. The van der Waals surface area contributed by atoms with Gasteiger partial charge in [0.15, 0.2) is 0 Å². The molecule has 0 saturated heterocycles. The van der Waals surface area contributed by atoms with Gasteiger partial charge in [0.1, 0.15) is 0 Å². The molecule has 0 bridgehead atoms. The first-order chi connectivity index (χ1) is 6.36. The zero-order chi connectivity index (χ0) is 9.52. The van der Waals surface area contributed by atoms with Crippen LogP contribution in [0.2, 0.25) is 0 Å². The lowest BCUT2D eigenvalue weighted by Gasteiger charge is -2.14. The Morgan fingerprint density at radius 3 is 3.00 bits per heavy atom. The highest BCUT2D eigenvalue weighted by Gasteiger charge is 2.04. The average molecular weight is 183 g/mol. The molecule has 0 aromatic carbocycles. The fraction of sp³-hybridized carbons (Fsp3) is 0.600. The van der Waals surface area contributed by atoms with Gasteiger partial charge in [0, 0.05) is 24.8 Å². The van der Waals surface area contributed by atoms with Crippen LogP contribution < -0.4 is 5.32 Å². The number of hydrogen-bond donors (Lipinski definition) is 2. The predicted octanol–water partition coefficient (Wildman–Crippen LogP) is 1.53. The molecule has 1 atom stereocenters. The molecule has 1 rings (SSSR count). The van der Waals surface area contributed by atoms with Gasteiger partial charge in [0.25, 0.3) is 0 Å². The van der Waals surface area contributed by atoms with Gasteiger partial charge in [-0.2, -0.15) is 0 Å². The van der Waals surface area contributed by atoms with Gasteiger partial charge in [-0.15, -0.1) is 0 Å². The summed E-state index contributed by atoms with van der Waals surface area (Å²) in [5, 5.41) is 12.1. The zero-order valence-electron chi connectivity index (χ0n) is 7.99. The highest BCUT2D eigenvalue weighted by molar-refractivity contribution is 5.04. The van der Waals surface area contributed by atoms with Crippen LogP contribution in [0, 0.1) is 0 Å². The number of rotatable bonds is 6. The van der Waals surface area contributed by atoms with E-state index in [0.717, 1.165) is 24.9 Å². The molecule has 1 aromatic heterocycles. The molecule has 3 nitrogen and oxygen atoms in total. The fourth-order valence-corrected chi connectivity index (χ4v) is 1.26. The summed E-state index contributed by atoms with van der Waals surface area (Å²) in [6.45, 7) is 3.18. The molecule has 0 saturated carbocycles. The highest BCUT2D eigenvalue weighted by Crippen LogP contribution is 2.02. The molecule has 0 aliphatic carbocycles. The summed E-state index contributed by atoms with van der Waals surface area (Å²) in [5.74, 6) is 0. The molecule has 2 N–H and O–H groups in total. The maximum absolute atomic E-state index is 8.77. The van der Waals surface area contributed by atoms with E-state index >= 15 is 0 Å². The summed E-state index contributed by atoms with van der Waals surface area (Å²) in [4.78, 5) is 0. The van der Waals surface area contributed by atoms with E-state index in [1.165, 1.54) is 0 Å². The monoisotopic (exact) mass is 183 g/mol. The van der Waals surface area contributed by atoms with Gasteiger partial charge in [0.05, 0.1) is 12.5 Å². The van der Waals surface area contributed by atoms with Crippen LogP contribution in [0.4, 0.5) is 0 Å². The Balaban J connectivity index is 2.23. The second-order valence-corrected chi connectivity index (χ2v) is 3.13. The minimum Gasteiger partial charge on any atom is -0.472 e. The first-order valence-corrected chi connectivity index (χ1v) is 4.72. The Morgan fingerprint density at radius 2 is 2.46 bits per heavy atom. The topological polar surface area (TPSA) is 45.4 Å². The molecule has 0 radical (unpaired) electrons. The van der Waals surface area contributed by atoms with Gasteiger partial charge < -0.3 is 14.8 Å². The summed E-state index contributed by atoms with van der Waals surface area (Å²) in [6, 6.07) is 2.35. The third-order valence-corrected chi connectivity index (χ3v) is 2.15. The number of aliphatic hydroxyl groups is 1. The lowest BCUT2D eigenvalue weighted by molar-refractivity contribution is 0.262. The first-order valence-electron chi connectivity index (χ1n) is 4.72. The lowest BCUT2D eigenvalue weighted by Crippen LogP contribution is -2.28. The summed E-state index contributed by atoms with van der Waals surface area (Å²) in [7, 11) is 0. The van der Waals surface area contributed by atoms with Crippen LogP contribution in [0.5, 0.6) is 0 Å². The van der Waals surface area contributed by atoms with Crippen LogP contribution in [0.1, 0.15) is 25.3 Å². The molecule has 0 spiro atoms. The van der Waals surface area contributed by atoms with Gasteiger partial charge in [-0.1, -0.05) is 6.92 Å². The molecular weight excluding hydrogens is 166 g/mol. The van der Waals surface area contributed by atoms with Crippen LogP contribution in [0.3, 0.4) is 0 Å². The fourth-order valence-electron chi connectivity index (χ4n) is 1.26. The minimum absolute atomic E-state index is 0.247. The predicted molar refractivity (Wildman–Crippen MR) is 51.3 cm³/mol. The smallest absolute Gasteiger partial charge is 0.0947 e. The van der Waals surface area contributed by atoms with Crippen molar-refractivity contribution in [1.82, 2.24) is 5.32 Å². The minimum atomic E-state index is 0.247. The summed E-state index contributed by atoms with van der Waals surface area (Å²) >= 11 is 0. The highest BCUT2D eigenvalue weighted by atomic mass is 16.3. The van der Waals surface area contributed by atoms with Crippen molar-refractivity contribution in [3.63, 3.8) is 0 Å². The van der Waals surface area contributed by atoms with Crippen LogP contribution in [0.25, 0.3) is 0 Å². The average Bonchev–Trinajstić information content (AvgIpc) is 2.64. The molecule has 1 heterocycles. The van der Waals surface area contributed by atoms with Gasteiger partial charge in [-0.3, -0.25) is 0 Å². The third kappa shape index (κ3) is 3.61. The number of aliphatic hydroxyl groups excluding tert-OH is 1. The molecule has 1 aromatic rings. The Labute approximate surface area is 78.8 Å². The zero-order valence-corrected chi connectivity index (χ0v) is 7.99. The van der Waals surface area contributed by atoms with Crippen molar-refractivity contribution in [3.05, 3.63) is 24.2 Å². The number of nitrogens with one attached hydrogen (secondary N) is 1. The van der Waals surface area contributed by atoms with E-state index < -0.39 is 0 Å². The van der Waals surface area contributed by atoms with Crippen LogP contribution in [0.15, 0.2) is 23.0 Å². The van der Waals surface area contributed by atoms with Crippen LogP contribution in [-0.2, 0) is 6.54 Å². The lowest BCUT2D eigenvalue weighted by atomic mass is 10.1. The van der Waals surface area contributed by atoms with Crippen molar-refractivity contribution in [2.75, 3.05) is 6.61 Å². The van der Waals surface area contributed by atoms with E-state index in [0.29, 0.717) is 6.04 Å². The number of furan rings is 1. The van der Waals surface area contributed by atoms with Gasteiger partial charge in [-0.25, -0.2) is 0 Å². The second kappa shape index (κ2) is 5.78. The number of hydrogen-bond acceptors (Lipinski definition) is 3. The Morgan fingerprint density at radius 1 is 1.62 bits per heavy atom. The van der Waals surface area contributed by atoms with Crippen molar-refractivity contribution < 1.29 is 9.52 Å². The van der Waals surface area contributed by atoms with Crippen molar-refractivity contribution in [2.24, 2.45) is 0 Å². The van der Waals surface area contributed by atoms with E-state index in [1.54, 1.807) is 12.5 Å². The van der Waals surface area contributed by atoms with Gasteiger partial charge in [-0.05, 0) is 18.9 Å². The summed E-state index contributed by atoms with van der Waals surface area (Å²) in [5.41, 5.74) is 1.15. The Kier molecular flexibility index (Phi) is 4.57. The molecule has 0 aliphatic rings. The normalized spacial score (nSPS) is 13.1. The summed E-state index contributed by atoms with van der Waals surface area (Å²) < 4.78 is 4.95. The SMILES string of the molecule is CCC(CCO)NCc1ccoc1. The quantitative estimate of drug-likeness (QED) is 0.703. The molecule has 1 unspecified atom stereocenters.